The first-order chi connectivity index (χ1) is 14.6. The number of nitrogens with zero attached hydrogens (tertiary/aromatic N) is 2. The van der Waals surface area contributed by atoms with E-state index in [0.29, 0.717) is 38.9 Å². The second-order valence-electron chi connectivity index (χ2n) is 8.22. The summed E-state index contributed by atoms with van der Waals surface area (Å²) in [6.45, 7) is 3.84. The molecule has 1 aromatic carbocycles. The first-order valence-corrected chi connectivity index (χ1v) is 10.6. The highest BCUT2D eigenvalue weighted by Gasteiger charge is 2.35. The van der Waals surface area contributed by atoms with E-state index in [1.807, 2.05) is 48.4 Å². The van der Waals surface area contributed by atoms with Gasteiger partial charge in [-0.2, -0.15) is 0 Å². The molecular formula is C23H29N5O2. The fourth-order valence-electron chi connectivity index (χ4n) is 4.26. The summed E-state index contributed by atoms with van der Waals surface area (Å²) in [6.07, 6.45) is 5.68. The molecule has 2 unspecified atom stereocenters. The number of benzene rings is 1. The molecule has 0 aliphatic carbocycles. The molecule has 7 nitrogen and oxygen atoms in total. The lowest BCUT2D eigenvalue weighted by Gasteiger charge is -2.32. The highest BCUT2D eigenvalue weighted by molar-refractivity contribution is 5.83. The quantitative estimate of drug-likeness (QED) is 0.704. The Morgan fingerprint density at radius 2 is 2.00 bits per heavy atom. The fourth-order valence-corrected chi connectivity index (χ4v) is 4.26. The van der Waals surface area contributed by atoms with Crippen LogP contribution in [-0.2, 0) is 16.1 Å². The van der Waals surface area contributed by atoms with Crippen molar-refractivity contribution in [1.82, 2.24) is 26.1 Å². The van der Waals surface area contributed by atoms with E-state index in [1.165, 1.54) is 5.56 Å². The van der Waals surface area contributed by atoms with E-state index in [9.17, 15) is 9.59 Å². The van der Waals surface area contributed by atoms with Gasteiger partial charge in [0, 0.05) is 44.0 Å². The van der Waals surface area contributed by atoms with Crippen LogP contribution in [-0.4, -0.2) is 40.8 Å². The number of likely N-dealkylation sites (tertiary alicyclic amines) is 1. The molecule has 0 radical (unpaired) electrons. The highest BCUT2D eigenvalue weighted by Crippen LogP contribution is 2.24. The minimum absolute atomic E-state index is 0.0309. The monoisotopic (exact) mass is 407 g/mol. The van der Waals surface area contributed by atoms with Gasteiger partial charge in [-0.15, -0.1) is 0 Å². The Hall–Kier alpha value is -2.77. The molecule has 2 aromatic rings. The van der Waals surface area contributed by atoms with Gasteiger partial charge in [0.05, 0.1) is 0 Å². The molecule has 2 aliphatic heterocycles. The van der Waals surface area contributed by atoms with Crippen LogP contribution in [0.1, 0.15) is 42.0 Å². The van der Waals surface area contributed by atoms with Crippen LogP contribution in [0.15, 0.2) is 48.8 Å². The van der Waals surface area contributed by atoms with Gasteiger partial charge in [0.25, 0.3) is 0 Å². The second kappa shape index (κ2) is 9.36. The van der Waals surface area contributed by atoms with Crippen molar-refractivity contribution in [3.8, 4) is 0 Å². The summed E-state index contributed by atoms with van der Waals surface area (Å²) < 4.78 is 0. The minimum atomic E-state index is -0.248. The lowest BCUT2D eigenvalue weighted by molar-refractivity contribution is -0.137. The Morgan fingerprint density at radius 3 is 2.73 bits per heavy atom. The van der Waals surface area contributed by atoms with Crippen LogP contribution >= 0.6 is 0 Å². The molecule has 3 N–H and O–H groups in total. The minimum Gasteiger partial charge on any atom is -0.352 e. The van der Waals surface area contributed by atoms with Gasteiger partial charge in [-0.05, 0) is 43.4 Å². The Balaban J connectivity index is 1.23. The van der Waals surface area contributed by atoms with Crippen LogP contribution in [0.4, 0.5) is 0 Å². The summed E-state index contributed by atoms with van der Waals surface area (Å²) in [7, 11) is 0. The first kappa shape index (κ1) is 20.5. The van der Waals surface area contributed by atoms with Gasteiger partial charge in [0.2, 0.25) is 11.8 Å². The van der Waals surface area contributed by atoms with E-state index in [-0.39, 0.29) is 29.8 Å². The lowest BCUT2D eigenvalue weighted by atomic mass is 9.94. The van der Waals surface area contributed by atoms with Gasteiger partial charge in [-0.3, -0.25) is 14.6 Å². The van der Waals surface area contributed by atoms with E-state index in [2.05, 4.69) is 27.2 Å². The molecule has 2 aliphatic rings. The third-order valence-electron chi connectivity index (χ3n) is 6.01. The number of piperidine rings is 1. The van der Waals surface area contributed by atoms with Crippen molar-refractivity contribution in [3.05, 3.63) is 65.5 Å². The van der Waals surface area contributed by atoms with Crippen molar-refractivity contribution in [3.63, 3.8) is 0 Å². The van der Waals surface area contributed by atoms with Crippen LogP contribution in [0.3, 0.4) is 0 Å². The Bertz CT molecular complexity index is 880. The van der Waals surface area contributed by atoms with E-state index < -0.39 is 0 Å². The number of hydrazine groups is 1. The maximum absolute atomic E-state index is 12.9. The summed E-state index contributed by atoms with van der Waals surface area (Å²) >= 11 is 0. The maximum atomic E-state index is 12.9. The molecule has 2 fully saturated rings. The average molecular weight is 408 g/mol. The standard InChI is InChI=1S/C23H29N5O2/c1-16-4-2-5-17(12-16)14-25-22(29)18-7-10-28(11-8-18)23(30)21-13-20(26-27-21)19-6-3-9-24-15-19/h2-6,9,12,15,18,20-21,26-27H,7-8,10-11,13-14H2,1H3,(H,25,29). The van der Waals surface area contributed by atoms with Crippen molar-refractivity contribution in [2.75, 3.05) is 13.1 Å². The van der Waals surface area contributed by atoms with Crippen LogP contribution < -0.4 is 16.2 Å². The fraction of sp³-hybridized carbons (Fsp3) is 0.435. The summed E-state index contributed by atoms with van der Waals surface area (Å²) in [5, 5.41) is 3.05. The molecule has 0 bridgehead atoms. The third kappa shape index (κ3) is 4.86. The largest absolute Gasteiger partial charge is 0.352 e. The van der Waals surface area contributed by atoms with E-state index in [4.69, 9.17) is 0 Å². The van der Waals surface area contributed by atoms with E-state index >= 15 is 0 Å². The Labute approximate surface area is 177 Å². The normalized spacial score (nSPS) is 22.1. The second-order valence-corrected chi connectivity index (χ2v) is 8.22. The number of carbonyl (C=O) groups excluding carboxylic acids is 2. The number of aryl methyl sites for hydroxylation is 1. The molecule has 0 saturated carbocycles. The smallest absolute Gasteiger partial charge is 0.241 e. The molecule has 2 saturated heterocycles. The van der Waals surface area contributed by atoms with Gasteiger partial charge in [-0.1, -0.05) is 35.9 Å². The van der Waals surface area contributed by atoms with E-state index in [0.717, 1.165) is 11.1 Å². The van der Waals surface area contributed by atoms with Gasteiger partial charge in [0.15, 0.2) is 0 Å². The number of rotatable bonds is 5. The molecule has 158 valence electrons. The highest BCUT2D eigenvalue weighted by atomic mass is 16.2. The zero-order valence-corrected chi connectivity index (χ0v) is 17.3. The average Bonchev–Trinajstić information content (AvgIpc) is 3.28. The van der Waals surface area contributed by atoms with Gasteiger partial charge in [-0.25, -0.2) is 10.9 Å². The first-order valence-electron chi connectivity index (χ1n) is 10.6. The van der Waals surface area contributed by atoms with Crippen LogP contribution in [0.25, 0.3) is 0 Å². The van der Waals surface area contributed by atoms with Gasteiger partial charge < -0.3 is 10.2 Å². The third-order valence-corrected chi connectivity index (χ3v) is 6.01. The van der Waals surface area contributed by atoms with Crippen molar-refractivity contribution in [2.45, 2.75) is 44.8 Å². The van der Waals surface area contributed by atoms with Crippen LogP contribution in [0, 0.1) is 12.8 Å². The maximum Gasteiger partial charge on any atom is 0.241 e. The molecule has 3 heterocycles. The van der Waals surface area contributed by atoms with Crippen molar-refractivity contribution >= 4 is 11.8 Å². The zero-order valence-electron chi connectivity index (χ0n) is 17.3. The summed E-state index contributed by atoms with van der Waals surface area (Å²) in [5.74, 6) is 0.157. The molecule has 2 atom stereocenters. The molecule has 4 rings (SSSR count). The summed E-state index contributed by atoms with van der Waals surface area (Å²) in [4.78, 5) is 31.5. The van der Waals surface area contributed by atoms with Gasteiger partial charge in [0.1, 0.15) is 6.04 Å². The number of nitrogens with one attached hydrogen (secondary N) is 3. The SMILES string of the molecule is Cc1cccc(CNC(=O)C2CCN(C(=O)C3CC(c4cccnc4)NN3)CC2)c1. The molecular weight excluding hydrogens is 378 g/mol. The Kier molecular flexibility index (Phi) is 6.40. The van der Waals surface area contributed by atoms with Crippen LogP contribution in [0.5, 0.6) is 0 Å². The lowest BCUT2D eigenvalue weighted by Crippen LogP contribution is -2.49. The van der Waals surface area contributed by atoms with Crippen molar-refractivity contribution in [2.24, 2.45) is 5.92 Å². The van der Waals surface area contributed by atoms with Crippen molar-refractivity contribution < 1.29 is 9.59 Å². The molecule has 1 aromatic heterocycles. The topological polar surface area (TPSA) is 86.4 Å². The number of hydrogen-bond acceptors (Lipinski definition) is 5. The zero-order chi connectivity index (χ0) is 20.9. The van der Waals surface area contributed by atoms with E-state index in [1.54, 1.807) is 6.20 Å². The Morgan fingerprint density at radius 1 is 1.17 bits per heavy atom. The number of hydrogen-bond donors (Lipinski definition) is 3. The van der Waals surface area contributed by atoms with Crippen molar-refractivity contribution in [1.29, 1.82) is 0 Å². The number of aromatic nitrogens is 1. The number of pyridine rings is 1. The summed E-state index contributed by atoms with van der Waals surface area (Å²) in [6, 6.07) is 11.9. The van der Waals surface area contributed by atoms with Crippen LogP contribution in [0.2, 0.25) is 0 Å². The predicted molar refractivity (Wildman–Crippen MR) is 114 cm³/mol. The van der Waals surface area contributed by atoms with Gasteiger partial charge >= 0.3 is 0 Å². The predicted octanol–water partition coefficient (Wildman–Crippen LogP) is 1.85. The number of amides is 2. The molecule has 30 heavy (non-hydrogen) atoms. The molecule has 2 amide bonds. The molecule has 7 heteroatoms. The molecule has 0 spiro atoms. The number of carbonyl (C=O) groups is 2. The summed E-state index contributed by atoms with van der Waals surface area (Å²) in [5.41, 5.74) is 9.71.